The van der Waals surface area contributed by atoms with E-state index < -0.39 is 12.0 Å². The summed E-state index contributed by atoms with van der Waals surface area (Å²) in [7, 11) is 0. The summed E-state index contributed by atoms with van der Waals surface area (Å²) in [4.78, 5) is 12.4. The minimum Gasteiger partial charge on any atom is -0.388 e. The Morgan fingerprint density at radius 2 is 1.92 bits per heavy atom. The number of benzene rings is 1. The summed E-state index contributed by atoms with van der Waals surface area (Å²) < 4.78 is 4.00. The number of nitrogens with zero attached hydrogens (tertiary/aromatic N) is 2. The van der Waals surface area contributed by atoms with Gasteiger partial charge in [-0.15, -0.1) is 0 Å². The van der Waals surface area contributed by atoms with Crippen LogP contribution in [0.25, 0.3) is 0 Å². The van der Waals surface area contributed by atoms with Crippen molar-refractivity contribution in [2.45, 2.75) is 26.1 Å². The van der Waals surface area contributed by atoms with Gasteiger partial charge >= 0.3 is 0 Å². The molecule has 3 aromatic rings. The van der Waals surface area contributed by atoms with Gasteiger partial charge in [-0.3, -0.25) is 4.79 Å². The number of Topliss-reactive ketones (excluding diaryl/α,β-unsaturated/α-hetero) is 1. The quantitative estimate of drug-likeness (QED) is 0.746. The number of aromatic nitrogens is 2. The number of ketones is 1. The molecule has 0 bridgehead atoms. The second-order valence-corrected chi connectivity index (χ2v) is 6.69. The highest BCUT2D eigenvalue weighted by Crippen LogP contribution is 2.31. The molecule has 1 aliphatic rings. The number of hydrogen-bond acceptors (Lipinski definition) is 2. The van der Waals surface area contributed by atoms with Crippen molar-refractivity contribution in [2.75, 3.05) is 0 Å². The molecule has 0 amide bonds. The summed E-state index contributed by atoms with van der Waals surface area (Å²) in [5.74, 6) is -0.377. The van der Waals surface area contributed by atoms with Crippen LogP contribution in [0.4, 0.5) is 0 Å². The summed E-state index contributed by atoms with van der Waals surface area (Å²) >= 11 is 0. The smallest absolute Gasteiger partial charge is 0.187 e. The van der Waals surface area contributed by atoms with Gasteiger partial charge < -0.3 is 9.67 Å². The average Bonchev–Trinajstić information content (AvgIpc) is 3.20. The zero-order valence-corrected chi connectivity index (χ0v) is 14.2. The minimum absolute atomic E-state index is 0.0224. The first-order valence-electron chi connectivity index (χ1n) is 8.54. The maximum Gasteiger partial charge on any atom is 0.187 e. The summed E-state index contributed by atoms with van der Waals surface area (Å²) in [6.45, 7) is 3.44. The first kappa shape index (κ1) is 15.8. The molecule has 1 aliphatic heterocycles. The van der Waals surface area contributed by atoms with Crippen LogP contribution in [0.5, 0.6) is 0 Å². The van der Waals surface area contributed by atoms with Gasteiger partial charge in [0.2, 0.25) is 0 Å². The topological polar surface area (TPSA) is 46.1 Å². The molecule has 0 saturated carbocycles. The van der Waals surface area contributed by atoms with E-state index in [2.05, 4.69) is 23.6 Å². The second-order valence-electron chi connectivity index (χ2n) is 6.69. The molecule has 25 heavy (non-hydrogen) atoms. The van der Waals surface area contributed by atoms with E-state index in [9.17, 15) is 9.90 Å². The molecule has 0 unspecified atom stereocenters. The van der Waals surface area contributed by atoms with Gasteiger partial charge in [0.1, 0.15) is 0 Å². The van der Waals surface area contributed by atoms with E-state index in [0.29, 0.717) is 12.2 Å². The maximum atomic E-state index is 12.4. The van der Waals surface area contributed by atoms with Crippen molar-refractivity contribution >= 4 is 5.78 Å². The number of aliphatic hydroxyl groups excluding tert-OH is 1. The molecule has 0 aliphatic carbocycles. The molecule has 0 saturated heterocycles. The maximum absolute atomic E-state index is 12.4. The van der Waals surface area contributed by atoms with Crippen molar-refractivity contribution < 1.29 is 14.5 Å². The van der Waals surface area contributed by atoms with Gasteiger partial charge in [0, 0.05) is 30.4 Å². The second kappa shape index (κ2) is 6.30. The molecular formula is C21H21N2O2+. The molecule has 2 atom stereocenters. The minimum atomic E-state index is -0.777. The highest BCUT2D eigenvalue weighted by molar-refractivity contribution is 5.98. The third-order valence-electron chi connectivity index (χ3n) is 5.07. The molecule has 1 N–H and O–H groups in total. The fourth-order valence-corrected chi connectivity index (χ4v) is 3.51. The highest BCUT2D eigenvalue weighted by Gasteiger charge is 2.36. The van der Waals surface area contributed by atoms with Crippen LogP contribution in [0.15, 0.2) is 67.1 Å². The van der Waals surface area contributed by atoms with Crippen LogP contribution in [0.2, 0.25) is 0 Å². The van der Waals surface area contributed by atoms with Crippen molar-refractivity contribution in [1.29, 1.82) is 0 Å². The fourth-order valence-electron chi connectivity index (χ4n) is 3.51. The number of carbonyl (C=O) groups excluding carboxylic acids is 1. The van der Waals surface area contributed by atoms with Gasteiger partial charge in [-0.05, 0) is 30.2 Å². The monoisotopic (exact) mass is 333 g/mol. The Morgan fingerprint density at radius 1 is 1.16 bits per heavy atom. The average molecular weight is 333 g/mol. The molecule has 126 valence electrons. The van der Waals surface area contributed by atoms with Crippen LogP contribution >= 0.6 is 0 Å². The third-order valence-corrected chi connectivity index (χ3v) is 5.07. The molecule has 0 fully saturated rings. The van der Waals surface area contributed by atoms with Crippen molar-refractivity contribution in [2.24, 2.45) is 5.92 Å². The van der Waals surface area contributed by atoms with E-state index in [1.807, 2.05) is 59.6 Å². The Bertz CT molecular complexity index is 912. The van der Waals surface area contributed by atoms with Crippen molar-refractivity contribution in [3.63, 3.8) is 0 Å². The van der Waals surface area contributed by atoms with E-state index in [4.69, 9.17) is 0 Å². The van der Waals surface area contributed by atoms with Gasteiger partial charge in [-0.25, -0.2) is 4.57 Å². The predicted molar refractivity (Wildman–Crippen MR) is 94.1 cm³/mol. The molecular weight excluding hydrogens is 312 g/mol. The molecule has 4 heteroatoms. The van der Waals surface area contributed by atoms with E-state index >= 15 is 0 Å². The lowest BCUT2D eigenvalue weighted by Gasteiger charge is -2.16. The van der Waals surface area contributed by atoms with E-state index in [1.165, 1.54) is 11.1 Å². The number of aliphatic hydroxyl groups is 1. The zero-order chi connectivity index (χ0) is 17.4. The van der Waals surface area contributed by atoms with Crippen LogP contribution in [0.1, 0.15) is 33.3 Å². The van der Waals surface area contributed by atoms with Crippen molar-refractivity contribution in [3.05, 3.63) is 89.5 Å². The fraction of sp³-hybridized carbons (Fsp3) is 0.238. The van der Waals surface area contributed by atoms with Crippen molar-refractivity contribution in [1.82, 2.24) is 4.57 Å². The first-order chi connectivity index (χ1) is 12.1. The Morgan fingerprint density at radius 3 is 2.64 bits per heavy atom. The Kier molecular flexibility index (Phi) is 3.98. The number of rotatable bonds is 4. The first-order valence-corrected chi connectivity index (χ1v) is 8.54. The van der Waals surface area contributed by atoms with Gasteiger partial charge in [-0.2, -0.15) is 0 Å². The highest BCUT2D eigenvalue weighted by atomic mass is 16.3. The summed E-state index contributed by atoms with van der Waals surface area (Å²) in [5.41, 5.74) is 4.00. The van der Waals surface area contributed by atoms with Crippen LogP contribution in [0.3, 0.4) is 0 Å². The lowest BCUT2D eigenvalue weighted by Crippen LogP contribution is -2.34. The summed E-state index contributed by atoms with van der Waals surface area (Å²) in [5, 5.41) is 10.7. The van der Waals surface area contributed by atoms with Crippen LogP contribution in [-0.2, 0) is 13.1 Å². The Balaban J connectivity index is 1.50. The van der Waals surface area contributed by atoms with E-state index in [1.54, 1.807) is 0 Å². The lowest BCUT2D eigenvalue weighted by atomic mass is 9.93. The lowest BCUT2D eigenvalue weighted by molar-refractivity contribution is -0.688. The van der Waals surface area contributed by atoms with Gasteiger partial charge in [0.05, 0.1) is 17.7 Å². The molecule has 0 spiro atoms. The number of carbonyl (C=O) groups is 1. The molecule has 1 aromatic carbocycles. The summed E-state index contributed by atoms with van der Waals surface area (Å²) in [6, 6.07) is 15.8. The molecule has 4 rings (SSSR count). The van der Waals surface area contributed by atoms with Crippen molar-refractivity contribution in [3.8, 4) is 0 Å². The molecule has 0 radical (unpaired) electrons. The Labute approximate surface area is 147 Å². The Hall–Kier alpha value is -2.72. The third kappa shape index (κ3) is 2.89. The molecule has 2 aromatic heterocycles. The van der Waals surface area contributed by atoms with Gasteiger partial charge in [-0.1, -0.05) is 24.3 Å². The van der Waals surface area contributed by atoms with E-state index in [0.717, 1.165) is 12.1 Å². The van der Waals surface area contributed by atoms with Gasteiger partial charge in [0.25, 0.3) is 0 Å². The zero-order valence-electron chi connectivity index (χ0n) is 14.2. The number of aryl methyl sites for hydroxylation is 1. The van der Waals surface area contributed by atoms with Crippen LogP contribution in [-0.4, -0.2) is 15.5 Å². The van der Waals surface area contributed by atoms with Gasteiger partial charge in [0.15, 0.2) is 24.7 Å². The number of hydrogen-bond donors (Lipinski definition) is 1. The van der Waals surface area contributed by atoms with Crippen LogP contribution in [0, 0.1) is 12.8 Å². The largest absolute Gasteiger partial charge is 0.388 e. The predicted octanol–water partition coefficient (Wildman–Crippen LogP) is 2.68. The standard InChI is InChI=1S/C21H21N2O2/c1-15-5-2-3-6-17(15)13-22-11-8-16(9-12-22)20(24)18-14-23-10-4-7-19(23)21(18)25/h2-12,18,20,24H,13-14H2,1H3/q+1/t18-,20+/m0/s1. The molecule has 4 nitrogen and oxygen atoms in total. The normalized spacial score (nSPS) is 17.5. The number of pyridine rings is 1. The summed E-state index contributed by atoms with van der Waals surface area (Å²) in [6.07, 6.45) is 5.04. The molecule has 3 heterocycles. The van der Waals surface area contributed by atoms with Crippen LogP contribution < -0.4 is 4.57 Å². The van der Waals surface area contributed by atoms with E-state index in [-0.39, 0.29) is 5.78 Å². The SMILES string of the molecule is Cc1ccccc1C[n+]1ccc([C@@H](O)[C@@H]2Cn3cccc3C2=O)cc1. The number of fused-ring (bicyclic) bond motifs is 1.